The monoisotopic (exact) mass is 560 g/mol. The molecule has 4 heterocycles. The van der Waals surface area contributed by atoms with Crippen molar-refractivity contribution in [2.24, 2.45) is 0 Å². The number of nitrogens with one attached hydrogen (secondary N) is 1. The van der Waals surface area contributed by atoms with Crippen molar-refractivity contribution in [3.63, 3.8) is 0 Å². The topological polar surface area (TPSA) is 110 Å². The maximum absolute atomic E-state index is 13.5. The van der Waals surface area contributed by atoms with Gasteiger partial charge >= 0.3 is 6.09 Å². The number of carbonyl (C=O) groups is 1. The molecule has 38 heavy (non-hydrogen) atoms. The van der Waals surface area contributed by atoms with Gasteiger partial charge in [-0.1, -0.05) is 0 Å². The lowest BCUT2D eigenvalue weighted by Gasteiger charge is -2.34. The van der Waals surface area contributed by atoms with E-state index >= 15 is 0 Å². The van der Waals surface area contributed by atoms with Crippen LogP contribution in [0.25, 0.3) is 0 Å². The molecule has 5 rings (SSSR count). The molecule has 3 atom stereocenters. The van der Waals surface area contributed by atoms with Crippen molar-refractivity contribution in [2.45, 2.75) is 75.1 Å². The fraction of sp³-hybridized carbons (Fsp3) is 0.760. The number of hydrogen-bond acceptors (Lipinski definition) is 8. The number of likely N-dealkylation sites (N-methyl/N-ethyl adjacent to an activating group) is 1. The van der Waals surface area contributed by atoms with Gasteiger partial charge in [0.15, 0.2) is 0 Å². The van der Waals surface area contributed by atoms with Gasteiger partial charge in [-0.25, -0.2) is 31.7 Å². The molecule has 1 saturated heterocycles. The van der Waals surface area contributed by atoms with Gasteiger partial charge in [0.25, 0.3) is 6.43 Å². The van der Waals surface area contributed by atoms with Gasteiger partial charge in [0.2, 0.25) is 15.9 Å². The van der Waals surface area contributed by atoms with Crippen molar-refractivity contribution in [1.29, 1.82) is 0 Å². The number of halogens is 2. The number of amides is 1. The molecule has 1 aliphatic carbocycles. The Balaban J connectivity index is 1.57. The molecule has 0 unspecified atom stereocenters. The lowest BCUT2D eigenvalue weighted by atomic mass is 9.84. The highest BCUT2D eigenvalue weighted by molar-refractivity contribution is 7.88. The quantitative estimate of drug-likeness (QED) is 0.586. The van der Waals surface area contributed by atoms with Crippen molar-refractivity contribution in [3.05, 3.63) is 23.4 Å². The zero-order valence-corrected chi connectivity index (χ0v) is 23.0. The van der Waals surface area contributed by atoms with Crippen molar-refractivity contribution < 1.29 is 36.2 Å². The minimum Gasteiger partial charge on any atom is -0.478 e. The Bertz CT molecular complexity index is 1070. The largest absolute Gasteiger partial charge is 0.478 e. The molecule has 1 aromatic rings. The molecule has 10 nitrogen and oxygen atoms in total. The molecule has 4 bridgehead atoms. The van der Waals surface area contributed by atoms with E-state index in [-0.39, 0.29) is 49.3 Å². The molecule has 13 heteroatoms. The van der Waals surface area contributed by atoms with Crippen LogP contribution in [-0.2, 0) is 19.5 Å². The first-order chi connectivity index (χ1) is 18.0. The molecular formula is C25H38F2N4O6S. The third-order valence-electron chi connectivity index (χ3n) is 7.35. The minimum absolute atomic E-state index is 0.0172. The van der Waals surface area contributed by atoms with Crippen LogP contribution in [0.15, 0.2) is 12.1 Å². The molecular weight excluding hydrogens is 522 g/mol. The average molecular weight is 561 g/mol. The maximum Gasteiger partial charge on any atom is 0.410 e. The molecule has 2 fully saturated rings. The Morgan fingerprint density at radius 3 is 2.53 bits per heavy atom. The van der Waals surface area contributed by atoms with Gasteiger partial charge in [-0.3, -0.25) is 4.90 Å². The van der Waals surface area contributed by atoms with Gasteiger partial charge in [0.1, 0.15) is 0 Å². The molecule has 0 aromatic carbocycles. The number of hydrogen-bond donors (Lipinski definition) is 1. The zero-order valence-electron chi connectivity index (χ0n) is 22.1. The second kappa shape index (κ2) is 12.4. The van der Waals surface area contributed by atoms with Gasteiger partial charge in [0.05, 0.1) is 38.2 Å². The van der Waals surface area contributed by atoms with Gasteiger partial charge in [0, 0.05) is 48.3 Å². The first-order valence-corrected chi connectivity index (χ1v) is 15.0. The van der Waals surface area contributed by atoms with E-state index in [1.165, 1.54) is 12.1 Å². The zero-order chi connectivity index (χ0) is 27.4. The molecule has 214 valence electrons. The van der Waals surface area contributed by atoms with E-state index < -0.39 is 34.6 Å². The van der Waals surface area contributed by atoms with Gasteiger partial charge in [-0.05, 0) is 52.3 Å². The minimum atomic E-state index is -3.52. The van der Waals surface area contributed by atoms with Crippen LogP contribution < -0.4 is 9.46 Å². The third kappa shape index (κ3) is 7.51. The Morgan fingerprint density at radius 2 is 1.87 bits per heavy atom. The summed E-state index contributed by atoms with van der Waals surface area (Å²) >= 11 is 0. The summed E-state index contributed by atoms with van der Waals surface area (Å²) in [6.07, 6.45) is 1.44. The van der Waals surface area contributed by atoms with Crippen molar-refractivity contribution in [2.75, 3.05) is 46.7 Å². The Morgan fingerprint density at radius 1 is 1.16 bits per heavy atom. The SMILES string of the molecule is CN(C)C[C@@H]1C[C@H](NS(C)(=O)=O)[C@@H]2COC3CCC(CC3)c3cc(C(F)F)cc(n3)OCCCOC(=O)N12. The van der Waals surface area contributed by atoms with Gasteiger partial charge in [-0.2, -0.15) is 0 Å². The van der Waals surface area contributed by atoms with Crippen LogP contribution in [0, 0.1) is 0 Å². The van der Waals surface area contributed by atoms with Crippen molar-refractivity contribution in [1.82, 2.24) is 19.5 Å². The van der Waals surface area contributed by atoms with Gasteiger partial charge < -0.3 is 19.1 Å². The molecule has 1 amide bonds. The van der Waals surface area contributed by atoms with E-state index in [1.54, 1.807) is 4.90 Å². The molecule has 3 aliphatic heterocycles. The van der Waals surface area contributed by atoms with Gasteiger partial charge in [-0.15, -0.1) is 0 Å². The molecule has 1 aromatic heterocycles. The second-order valence-electron chi connectivity index (χ2n) is 10.7. The van der Waals surface area contributed by atoms with Crippen LogP contribution in [0.1, 0.15) is 62.1 Å². The number of aromatic nitrogens is 1. The summed E-state index contributed by atoms with van der Waals surface area (Å²) < 4.78 is 71.6. The van der Waals surface area contributed by atoms with Crippen LogP contribution in [0.4, 0.5) is 13.6 Å². The summed E-state index contributed by atoms with van der Waals surface area (Å²) in [6.45, 7) is 0.892. The van der Waals surface area contributed by atoms with E-state index in [0.717, 1.165) is 6.26 Å². The Kier molecular flexibility index (Phi) is 9.43. The number of carbonyl (C=O) groups excluding carboxylic acids is 1. The molecule has 1 saturated carbocycles. The third-order valence-corrected chi connectivity index (χ3v) is 8.08. The summed E-state index contributed by atoms with van der Waals surface area (Å²) in [5.41, 5.74) is 0.475. The second-order valence-corrected chi connectivity index (χ2v) is 12.5. The molecule has 1 N–H and O–H groups in total. The van der Waals surface area contributed by atoms with Crippen LogP contribution >= 0.6 is 0 Å². The van der Waals surface area contributed by atoms with E-state index in [1.807, 2.05) is 19.0 Å². The number of fused-ring (bicyclic) bond motifs is 8. The highest BCUT2D eigenvalue weighted by Gasteiger charge is 2.46. The Hall–Kier alpha value is -2.09. The fourth-order valence-electron chi connectivity index (χ4n) is 5.68. The summed E-state index contributed by atoms with van der Waals surface area (Å²) in [4.78, 5) is 21.4. The van der Waals surface area contributed by atoms with Crippen LogP contribution in [0.3, 0.4) is 0 Å². The van der Waals surface area contributed by atoms with Crippen LogP contribution in [0.2, 0.25) is 0 Å². The average Bonchev–Trinajstić information content (AvgIpc) is 3.16. The van der Waals surface area contributed by atoms with Crippen molar-refractivity contribution >= 4 is 16.1 Å². The molecule has 0 radical (unpaired) electrons. The van der Waals surface area contributed by atoms with E-state index in [2.05, 4.69) is 9.71 Å². The lowest BCUT2D eigenvalue weighted by Crippen LogP contribution is -2.52. The maximum atomic E-state index is 13.5. The summed E-state index contributed by atoms with van der Waals surface area (Å²) in [5, 5.41) is 0. The van der Waals surface area contributed by atoms with E-state index in [9.17, 15) is 22.0 Å². The van der Waals surface area contributed by atoms with E-state index in [0.29, 0.717) is 50.8 Å². The summed E-state index contributed by atoms with van der Waals surface area (Å²) in [7, 11) is 0.266. The molecule has 4 aliphatic rings. The predicted octanol–water partition coefficient (Wildman–Crippen LogP) is 2.90. The standard InChI is InChI=1S/C25H38F2N4O6S/c1-30(2)14-18-13-21(29-38(3,33)34)22-15-37-19-7-5-16(6-8-19)20-11-17(24(26)27)12-23(28-20)35-9-4-10-36-25(32)31(18)22/h11-12,16,18-19,21-22,24,29H,4-10,13-15H2,1-3H3/t16?,18-,19?,21-,22-/m0/s1. The van der Waals surface area contributed by atoms with Crippen LogP contribution in [0.5, 0.6) is 5.88 Å². The summed E-state index contributed by atoms with van der Waals surface area (Å²) in [5.74, 6) is 0.163. The molecule has 0 spiro atoms. The first-order valence-electron chi connectivity index (χ1n) is 13.1. The smallest absolute Gasteiger partial charge is 0.410 e. The van der Waals surface area contributed by atoms with E-state index in [4.69, 9.17) is 14.2 Å². The number of rotatable bonds is 5. The highest BCUT2D eigenvalue weighted by atomic mass is 32.2. The Labute approximate surface area is 223 Å². The van der Waals surface area contributed by atoms with Crippen molar-refractivity contribution in [3.8, 4) is 5.88 Å². The fourth-order valence-corrected chi connectivity index (χ4v) is 6.48. The number of ether oxygens (including phenoxy) is 3. The number of sulfonamides is 1. The summed E-state index contributed by atoms with van der Waals surface area (Å²) in [6, 6.07) is 1.42. The normalized spacial score (nSPS) is 29.2. The highest BCUT2D eigenvalue weighted by Crippen LogP contribution is 2.36. The lowest BCUT2D eigenvalue weighted by molar-refractivity contribution is -0.0124. The number of pyridine rings is 1. The van der Waals surface area contributed by atoms with Crippen LogP contribution in [-0.4, -0.2) is 100 Å². The first kappa shape index (κ1) is 28.9. The number of nitrogens with zero attached hydrogens (tertiary/aromatic N) is 3. The number of alkyl halides is 2. The predicted molar refractivity (Wildman–Crippen MR) is 136 cm³/mol.